The van der Waals surface area contributed by atoms with Crippen LogP contribution in [-0.4, -0.2) is 40.3 Å². The molecule has 0 atom stereocenters. The number of nitrogens with zero attached hydrogens (tertiary/aromatic N) is 3. The molecule has 2 aromatic rings. The Bertz CT molecular complexity index is 688. The second kappa shape index (κ2) is 7.49. The summed E-state index contributed by atoms with van der Waals surface area (Å²) in [5, 5.41) is 0. The highest BCUT2D eigenvalue weighted by atomic mass is 19.1. The SMILES string of the molecule is O=C1CCN(Cc2cc(F)cc(F)c2)CCN1Cc1ccccn1. The van der Waals surface area contributed by atoms with Gasteiger partial charge < -0.3 is 4.90 Å². The van der Waals surface area contributed by atoms with E-state index in [9.17, 15) is 13.6 Å². The summed E-state index contributed by atoms with van der Waals surface area (Å²) in [6.07, 6.45) is 2.10. The first-order chi connectivity index (χ1) is 11.6. The van der Waals surface area contributed by atoms with Crippen LogP contribution in [0.15, 0.2) is 42.6 Å². The van der Waals surface area contributed by atoms with Crippen LogP contribution < -0.4 is 0 Å². The van der Waals surface area contributed by atoms with Gasteiger partial charge in [-0.2, -0.15) is 0 Å². The maximum Gasteiger partial charge on any atom is 0.224 e. The molecule has 3 rings (SSSR count). The third kappa shape index (κ3) is 4.35. The molecule has 1 aliphatic rings. The van der Waals surface area contributed by atoms with Gasteiger partial charge in [0.25, 0.3) is 0 Å². The van der Waals surface area contributed by atoms with E-state index in [1.165, 1.54) is 12.1 Å². The molecule has 1 aromatic carbocycles. The summed E-state index contributed by atoms with van der Waals surface area (Å²) in [5.41, 5.74) is 1.43. The number of rotatable bonds is 4. The van der Waals surface area contributed by atoms with E-state index in [0.29, 0.717) is 44.7 Å². The summed E-state index contributed by atoms with van der Waals surface area (Å²) in [4.78, 5) is 20.4. The van der Waals surface area contributed by atoms with E-state index in [1.54, 1.807) is 11.1 Å². The van der Waals surface area contributed by atoms with Crippen molar-refractivity contribution in [1.82, 2.24) is 14.8 Å². The molecule has 6 heteroatoms. The summed E-state index contributed by atoms with van der Waals surface area (Å²) in [7, 11) is 0. The number of aromatic nitrogens is 1. The van der Waals surface area contributed by atoms with Gasteiger partial charge in [-0.25, -0.2) is 8.78 Å². The minimum absolute atomic E-state index is 0.0774. The molecule has 0 saturated carbocycles. The predicted octanol–water partition coefficient (Wildman–Crippen LogP) is 2.59. The van der Waals surface area contributed by atoms with Crippen LogP contribution in [0.1, 0.15) is 17.7 Å². The maximum absolute atomic E-state index is 13.3. The first-order valence-corrected chi connectivity index (χ1v) is 7.95. The minimum Gasteiger partial charge on any atom is -0.335 e. The molecule has 1 amide bonds. The topological polar surface area (TPSA) is 36.4 Å². The first kappa shape index (κ1) is 16.5. The van der Waals surface area contributed by atoms with E-state index in [2.05, 4.69) is 4.98 Å². The van der Waals surface area contributed by atoms with Crippen LogP contribution in [0.3, 0.4) is 0 Å². The van der Waals surface area contributed by atoms with E-state index < -0.39 is 11.6 Å². The highest BCUT2D eigenvalue weighted by Gasteiger charge is 2.21. The summed E-state index contributed by atoms with van der Waals surface area (Å²) in [6, 6.07) is 9.17. The van der Waals surface area contributed by atoms with Gasteiger partial charge in [0.05, 0.1) is 12.2 Å². The van der Waals surface area contributed by atoms with E-state index in [0.717, 1.165) is 11.8 Å². The van der Waals surface area contributed by atoms with Gasteiger partial charge in [-0.1, -0.05) is 6.07 Å². The van der Waals surface area contributed by atoms with Gasteiger partial charge in [-0.05, 0) is 29.8 Å². The number of carbonyl (C=O) groups is 1. The number of hydrogen-bond donors (Lipinski definition) is 0. The first-order valence-electron chi connectivity index (χ1n) is 7.95. The number of halogens is 2. The summed E-state index contributed by atoms with van der Waals surface area (Å²) in [5.74, 6) is -1.08. The molecule has 1 saturated heterocycles. The largest absolute Gasteiger partial charge is 0.335 e. The van der Waals surface area contributed by atoms with E-state index in [4.69, 9.17) is 0 Å². The second-order valence-corrected chi connectivity index (χ2v) is 5.94. The van der Waals surface area contributed by atoms with Crippen molar-refractivity contribution < 1.29 is 13.6 Å². The lowest BCUT2D eigenvalue weighted by Crippen LogP contribution is -2.33. The van der Waals surface area contributed by atoms with Crippen LogP contribution in [0, 0.1) is 11.6 Å². The predicted molar refractivity (Wildman–Crippen MR) is 85.9 cm³/mol. The molecular weight excluding hydrogens is 312 g/mol. The number of carbonyl (C=O) groups excluding carboxylic acids is 1. The Kier molecular flexibility index (Phi) is 5.15. The van der Waals surface area contributed by atoms with Gasteiger partial charge in [0.1, 0.15) is 11.6 Å². The average molecular weight is 331 g/mol. The fourth-order valence-corrected chi connectivity index (χ4v) is 2.88. The lowest BCUT2D eigenvalue weighted by molar-refractivity contribution is -0.131. The third-order valence-corrected chi connectivity index (χ3v) is 4.09. The highest BCUT2D eigenvalue weighted by Crippen LogP contribution is 2.14. The fourth-order valence-electron chi connectivity index (χ4n) is 2.88. The van der Waals surface area contributed by atoms with Crippen LogP contribution in [-0.2, 0) is 17.9 Å². The lowest BCUT2D eigenvalue weighted by Gasteiger charge is -2.22. The van der Waals surface area contributed by atoms with Gasteiger partial charge in [0.15, 0.2) is 0 Å². The molecule has 1 aromatic heterocycles. The number of benzene rings is 1. The van der Waals surface area contributed by atoms with Crippen molar-refractivity contribution >= 4 is 5.91 Å². The average Bonchev–Trinajstić information content (AvgIpc) is 2.71. The molecule has 2 heterocycles. The van der Waals surface area contributed by atoms with Crippen LogP contribution in [0.5, 0.6) is 0 Å². The highest BCUT2D eigenvalue weighted by molar-refractivity contribution is 5.76. The molecule has 0 aliphatic carbocycles. The Labute approximate surface area is 139 Å². The zero-order chi connectivity index (χ0) is 16.9. The van der Waals surface area contributed by atoms with E-state index in [1.807, 2.05) is 23.1 Å². The molecule has 24 heavy (non-hydrogen) atoms. The summed E-state index contributed by atoms with van der Waals surface area (Å²) < 4.78 is 26.6. The third-order valence-electron chi connectivity index (χ3n) is 4.09. The molecule has 0 bridgehead atoms. The fraction of sp³-hybridized carbons (Fsp3) is 0.333. The van der Waals surface area contributed by atoms with Crippen molar-refractivity contribution in [2.24, 2.45) is 0 Å². The zero-order valence-corrected chi connectivity index (χ0v) is 13.3. The van der Waals surface area contributed by atoms with Gasteiger partial charge in [-0.3, -0.25) is 14.7 Å². The maximum atomic E-state index is 13.3. The molecular formula is C18H19F2N3O. The molecule has 0 unspecified atom stereocenters. The van der Waals surface area contributed by atoms with Gasteiger partial charge in [0.2, 0.25) is 5.91 Å². The molecule has 126 valence electrons. The van der Waals surface area contributed by atoms with Gasteiger partial charge >= 0.3 is 0 Å². The van der Waals surface area contributed by atoms with Gasteiger partial charge in [-0.15, -0.1) is 0 Å². The zero-order valence-electron chi connectivity index (χ0n) is 13.3. The monoisotopic (exact) mass is 331 g/mol. The molecule has 0 radical (unpaired) electrons. The molecule has 1 aliphatic heterocycles. The Morgan fingerprint density at radius 3 is 2.50 bits per heavy atom. The quantitative estimate of drug-likeness (QED) is 0.864. The minimum atomic E-state index is -0.576. The van der Waals surface area contributed by atoms with Crippen molar-refractivity contribution in [2.75, 3.05) is 19.6 Å². The Hall–Kier alpha value is -2.34. The van der Waals surface area contributed by atoms with Crippen molar-refractivity contribution in [3.8, 4) is 0 Å². The van der Waals surface area contributed by atoms with E-state index >= 15 is 0 Å². The Morgan fingerprint density at radius 1 is 1.00 bits per heavy atom. The van der Waals surface area contributed by atoms with Crippen molar-refractivity contribution in [2.45, 2.75) is 19.5 Å². The van der Waals surface area contributed by atoms with Crippen LogP contribution >= 0.6 is 0 Å². The molecule has 0 N–H and O–H groups in total. The second-order valence-electron chi connectivity index (χ2n) is 5.94. The molecule has 4 nitrogen and oxygen atoms in total. The Balaban J connectivity index is 1.62. The molecule has 0 spiro atoms. The number of amides is 1. The summed E-state index contributed by atoms with van der Waals surface area (Å²) in [6.45, 7) is 2.74. The standard InChI is InChI=1S/C18H19F2N3O/c19-15-9-14(10-16(20)11-15)12-22-6-4-18(24)23(8-7-22)13-17-3-1-2-5-21-17/h1-3,5,9-11H,4,6-8,12-13H2. The lowest BCUT2D eigenvalue weighted by atomic mass is 10.2. The van der Waals surface area contributed by atoms with Crippen LogP contribution in [0.2, 0.25) is 0 Å². The van der Waals surface area contributed by atoms with Crippen molar-refractivity contribution in [3.63, 3.8) is 0 Å². The normalized spacial score (nSPS) is 16.2. The van der Waals surface area contributed by atoms with Crippen LogP contribution in [0.4, 0.5) is 8.78 Å². The van der Waals surface area contributed by atoms with Crippen molar-refractivity contribution in [1.29, 1.82) is 0 Å². The smallest absolute Gasteiger partial charge is 0.224 e. The van der Waals surface area contributed by atoms with Crippen molar-refractivity contribution in [3.05, 3.63) is 65.5 Å². The number of hydrogen-bond acceptors (Lipinski definition) is 3. The summed E-state index contributed by atoms with van der Waals surface area (Å²) >= 11 is 0. The number of pyridine rings is 1. The van der Waals surface area contributed by atoms with E-state index in [-0.39, 0.29) is 5.91 Å². The Morgan fingerprint density at radius 2 is 1.79 bits per heavy atom. The van der Waals surface area contributed by atoms with Gasteiger partial charge in [0, 0.05) is 44.9 Å². The van der Waals surface area contributed by atoms with Crippen LogP contribution in [0.25, 0.3) is 0 Å². The molecule has 1 fully saturated rings.